The Morgan fingerprint density at radius 3 is 2.50 bits per heavy atom. The van der Waals surface area contributed by atoms with E-state index in [9.17, 15) is 13.5 Å². The van der Waals surface area contributed by atoms with E-state index in [1.54, 1.807) is 6.07 Å². The third-order valence-corrected chi connectivity index (χ3v) is 6.54. The SMILES string of the molecule is CCC[C@H](O)[C@H](NS(=O)(=O)c1ccc(Cl)s1)[C@@H](C)CC. The summed E-state index contributed by atoms with van der Waals surface area (Å²) in [4.78, 5) is 0. The molecule has 4 nitrogen and oxygen atoms in total. The predicted octanol–water partition coefficient (Wildman–Crippen LogP) is 3.26. The maximum atomic E-state index is 12.3. The average molecular weight is 340 g/mol. The summed E-state index contributed by atoms with van der Waals surface area (Å²) in [5.41, 5.74) is 0. The molecule has 0 saturated heterocycles. The molecule has 1 aromatic rings. The van der Waals surface area contributed by atoms with Crippen molar-refractivity contribution in [3.63, 3.8) is 0 Å². The molecule has 0 saturated carbocycles. The molecule has 0 aromatic carbocycles. The molecule has 0 unspecified atom stereocenters. The number of hydrogen-bond donors (Lipinski definition) is 2. The first-order valence-electron chi connectivity index (χ1n) is 6.77. The van der Waals surface area contributed by atoms with Gasteiger partial charge in [0.1, 0.15) is 4.21 Å². The normalized spacial score (nSPS) is 16.9. The summed E-state index contributed by atoms with van der Waals surface area (Å²) in [6.45, 7) is 5.88. The lowest BCUT2D eigenvalue weighted by molar-refractivity contribution is 0.102. The molecule has 1 rings (SSSR count). The Morgan fingerprint density at radius 1 is 1.40 bits per heavy atom. The fourth-order valence-electron chi connectivity index (χ4n) is 1.98. The fourth-order valence-corrected chi connectivity index (χ4v) is 4.86. The largest absolute Gasteiger partial charge is 0.391 e. The highest BCUT2D eigenvalue weighted by atomic mass is 35.5. The maximum Gasteiger partial charge on any atom is 0.250 e. The molecule has 7 heteroatoms. The molecule has 0 aliphatic heterocycles. The Morgan fingerprint density at radius 2 is 2.05 bits per heavy atom. The van der Waals surface area contributed by atoms with Gasteiger partial charge in [0.2, 0.25) is 10.0 Å². The zero-order valence-corrected chi connectivity index (χ0v) is 14.4. The molecular weight excluding hydrogens is 318 g/mol. The maximum absolute atomic E-state index is 12.3. The quantitative estimate of drug-likeness (QED) is 0.764. The molecule has 1 heterocycles. The van der Waals surface area contributed by atoms with Crippen LogP contribution in [0.15, 0.2) is 16.3 Å². The van der Waals surface area contributed by atoms with Gasteiger partial charge in [-0.25, -0.2) is 13.1 Å². The molecule has 20 heavy (non-hydrogen) atoms. The number of halogens is 1. The van der Waals surface area contributed by atoms with Gasteiger partial charge in [-0.15, -0.1) is 11.3 Å². The van der Waals surface area contributed by atoms with Crippen LogP contribution >= 0.6 is 22.9 Å². The van der Waals surface area contributed by atoms with E-state index in [1.165, 1.54) is 6.07 Å². The Hall–Kier alpha value is -0.140. The molecule has 116 valence electrons. The van der Waals surface area contributed by atoms with Crippen LogP contribution in [0.1, 0.15) is 40.0 Å². The van der Waals surface area contributed by atoms with Crippen molar-refractivity contribution in [2.45, 2.75) is 56.4 Å². The van der Waals surface area contributed by atoms with Crippen molar-refractivity contribution in [1.82, 2.24) is 4.72 Å². The van der Waals surface area contributed by atoms with Crippen LogP contribution in [0.2, 0.25) is 4.34 Å². The van der Waals surface area contributed by atoms with Gasteiger partial charge in [0.05, 0.1) is 16.5 Å². The van der Waals surface area contributed by atoms with Crippen molar-refractivity contribution in [1.29, 1.82) is 0 Å². The Labute approximate surface area is 130 Å². The number of aliphatic hydroxyl groups is 1. The van der Waals surface area contributed by atoms with E-state index in [1.807, 2.05) is 20.8 Å². The molecule has 0 aliphatic rings. The van der Waals surface area contributed by atoms with E-state index in [0.29, 0.717) is 10.8 Å². The van der Waals surface area contributed by atoms with Crippen LogP contribution < -0.4 is 4.72 Å². The molecule has 0 spiro atoms. The van der Waals surface area contributed by atoms with Crippen LogP contribution in [0.4, 0.5) is 0 Å². The predicted molar refractivity (Wildman–Crippen MR) is 83.8 cm³/mol. The first-order valence-corrected chi connectivity index (χ1v) is 9.45. The van der Waals surface area contributed by atoms with Crippen LogP contribution in [-0.2, 0) is 10.0 Å². The second kappa shape index (κ2) is 7.75. The van der Waals surface area contributed by atoms with Gasteiger partial charge in [0.15, 0.2) is 0 Å². The summed E-state index contributed by atoms with van der Waals surface area (Å²) < 4.78 is 27.9. The first kappa shape index (κ1) is 17.9. The van der Waals surface area contributed by atoms with Gasteiger partial charge in [0, 0.05) is 0 Å². The molecule has 3 atom stereocenters. The Bertz CT molecular complexity index is 515. The number of hydrogen-bond acceptors (Lipinski definition) is 4. The summed E-state index contributed by atoms with van der Waals surface area (Å²) in [5.74, 6) is 0.0572. The zero-order valence-electron chi connectivity index (χ0n) is 12.0. The second-order valence-corrected chi connectivity index (χ2v) is 8.60. The van der Waals surface area contributed by atoms with Gasteiger partial charge < -0.3 is 5.11 Å². The van der Waals surface area contributed by atoms with E-state index in [4.69, 9.17) is 11.6 Å². The number of nitrogens with one attached hydrogen (secondary N) is 1. The van der Waals surface area contributed by atoms with Crippen molar-refractivity contribution in [2.24, 2.45) is 5.92 Å². The standard InChI is InChI=1S/C13H22ClNO3S2/c1-4-6-10(16)13(9(3)5-2)15-20(17,18)12-8-7-11(14)19-12/h7-10,13,15-16H,4-6H2,1-3H3/t9-,10-,13+/m0/s1. The molecule has 0 radical (unpaired) electrons. The third-order valence-electron chi connectivity index (χ3n) is 3.36. The summed E-state index contributed by atoms with van der Waals surface area (Å²) in [6.07, 6.45) is 1.49. The van der Waals surface area contributed by atoms with Crippen molar-refractivity contribution in [2.75, 3.05) is 0 Å². The minimum absolute atomic E-state index is 0.0572. The monoisotopic (exact) mass is 339 g/mol. The average Bonchev–Trinajstić information content (AvgIpc) is 2.83. The lowest BCUT2D eigenvalue weighted by Gasteiger charge is -2.28. The molecule has 0 bridgehead atoms. The third kappa shape index (κ3) is 4.70. The van der Waals surface area contributed by atoms with Crippen LogP contribution in [0.3, 0.4) is 0 Å². The highest BCUT2D eigenvalue weighted by molar-refractivity contribution is 7.91. The summed E-state index contributed by atoms with van der Waals surface area (Å²) >= 11 is 6.80. The van der Waals surface area contributed by atoms with Crippen LogP contribution in [0.5, 0.6) is 0 Å². The van der Waals surface area contributed by atoms with E-state index >= 15 is 0 Å². The van der Waals surface area contributed by atoms with E-state index in [-0.39, 0.29) is 10.1 Å². The van der Waals surface area contributed by atoms with E-state index in [0.717, 1.165) is 24.2 Å². The van der Waals surface area contributed by atoms with Crippen LogP contribution in [0.25, 0.3) is 0 Å². The van der Waals surface area contributed by atoms with Crippen molar-refractivity contribution >= 4 is 33.0 Å². The van der Waals surface area contributed by atoms with Crippen LogP contribution in [-0.4, -0.2) is 25.7 Å². The molecular formula is C13H22ClNO3S2. The van der Waals surface area contributed by atoms with Gasteiger partial charge in [0.25, 0.3) is 0 Å². The lowest BCUT2D eigenvalue weighted by Crippen LogP contribution is -2.47. The molecule has 2 N–H and O–H groups in total. The fraction of sp³-hybridized carbons (Fsp3) is 0.692. The van der Waals surface area contributed by atoms with Gasteiger partial charge in [-0.05, 0) is 24.5 Å². The molecule has 0 fully saturated rings. The number of rotatable bonds is 8. The first-order chi connectivity index (χ1) is 9.31. The molecule has 0 amide bonds. The minimum Gasteiger partial charge on any atom is -0.391 e. The van der Waals surface area contributed by atoms with Gasteiger partial charge in [-0.3, -0.25) is 0 Å². The highest BCUT2D eigenvalue weighted by Crippen LogP contribution is 2.26. The summed E-state index contributed by atoms with van der Waals surface area (Å²) in [5, 5.41) is 10.2. The van der Waals surface area contributed by atoms with Crippen molar-refractivity contribution in [3.8, 4) is 0 Å². The number of sulfonamides is 1. The zero-order chi connectivity index (χ0) is 15.3. The topological polar surface area (TPSA) is 66.4 Å². The smallest absolute Gasteiger partial charge is 0.250 e. The second-order valence-electron chi connectivity index (χ2n) is 4.95. The van der Waals surface area contributed by atoms with Gasteiger partial charge in [-0.2, -0.15) is 0 Å². The Kier molecular flexibility index (Phi) is 6.94. The summed E-state index contributed by atoms with van der Waals surface area (Å²) in [7, 11) is -3.63. The van der Waals surface area contributed by atoms with E-state index < -0.39 is 22.2 Å². The molecule has 0 aliphatic carbocycles. The Balaban J connectivity index is 2.94. The highest BCUT2D eigenvalue weighted by Gasteiger charge is 2.29. The van der Waals surface area contributed by atoms with Crippen LogP contribution in [0, 0.1) is 5.92 Å². The minimum atomic E-state index is -3.63. The number of thiophene rings is 1. The lowest BCUT2D eigenvalue weighted by atomic mass is 9.93. The van der Waals surface area contributed by atoms with E-state index in [2.05, 4.69) is 4.72 Å². The van der Waals surface area contributed by atoms with Gasteiger partial charge in [-0.1, -0.05) is 45.2 Å². The molecule has 1 aromatic heterocycles. The van der Waals surface area contributed by atoms with Crippen molar-refractivity contribution < 1.29 is 13.5 Å². The van der Waals surface area contributed by atoms with Crippen molar-refractivity contribution in [3.05, 3.63) is 16.5 Å². The summed E-state index contributed by atoms with van der Waals surface area (Å²) in [6, 6.07) is 2.56. The van der Waals surface area contributed by atoms with Gasteiger partial charge >= 0.3 is 0 Å². The number of aliphatic hydroxyl groups excluding tert-OH is 1.